The summed E-state index contributed by atoms with van der Waals surface area (Å²) >= 11 is 0. The average Bonchev–Trinajstić information content (AvgIpc) is 3.39. The lowest BCUT2D eigenvalue weighted by atomic mass is 9.95. The Hall–Kier alpha value is -3.93. The zero-order chi connectivity index (χ0) is 35.3. The van der Waals surface area contributed by atoms with Crippen LogP contribution in [-0.2, 0) is 0 Å². The first-order valence-corrected chi connectivity index (χ1v) is 15.2. The summed E-state index contributed by atoms with van der Waals surface area (Å²) in [6.45, 7) is -1.55. The minimum atomic E-state index is -3.05. The van der Waals surface area contributed by atoms with E-state index in [0.717, 1.165) is 12.5 Å². The molecule has 0 amide bonds. The summed E-state index contributed by atoms with van der Waals surface area (Å²) in [5.41, 5.74) is 4.20. The highest BCUT2D eigenvalue weighted by Crippen LogP contribution is 2.48. The highest BCUT2D eigenvalue weighted by atomic mass is 19.1. The van der Waals surface area contributed by atoms with Gasteiger partial charge in [0.1, 0.15) is 35.9 Å². The number of methoxy groups -OCH3 is 1. The molecule has 2 aromatic carbocycles. The summed E-state index contributed by atoms with van der Waals surface area (Å²) in [6, 6.07) is 4.06. The monoisotopic (exact) mass is 627 g/mol. The van der Waals surface area contributed by atoms with Crippen LogP contribution in [0.15, 0.2) is 30.5 Å². The maximum Gasteiger partial charge on any atom is 0.319 e. The number of pyridine rings is 1. The number of halogens is 4. The number of nitrogens with two attached hydrogens (primary N) is 1. The number of ether oxygens (including phenoxy) is 2. The van der Waals surface area contributed by atoms with Crippen molar-refractivity contribution in [3.63, 3.8) is 0 Å². The number of aromatic nitrogens is 3. The van der Waals surface area contributed by atoms with Crippen LogP contribution in [-0.4, -0.2) is 77.0 Å². The molecular weight excluding hydrogens is 588 g/mol. The molecule has 3 aliphatic heterocycles. The number of benzene rings is 2. The topological polar surface area (TPSA) is 89.6 Å². The normalized spacial score (nSPS) is 30.1. The van der Waals surface area contributed by atoms with Crippen LogP contribution in [0.4, 0.5) is 29.1 Å². The Kier molecular flexibility index (Phi) is 5.50. The SMILES string of the molecule is [2H]C([2H])([2H])Oc1c(F)ccc2cc(N)cc(-c3ncc4c(N5CCCC[C@H]6[C@H](F)[C@H]65)nc(OC([2H])([2H])[C@@]56CCCN5C[C@H](F)C6)nc4c3F)c12. The molecule has 45 heavy (non-hydrogen) atoms. The van der Waals surface area contributed by atoms with Gasteiger partial charge in [-0.25, -0.2) is 17.6 Å². The van der Waals surface area contributed by atoms with Crippen LogP contribution in [0.3, 0.4) is 0 Å². The molecular formula is C33H34F4N6O2. The van der Waals surface area contributed by atoms with Gasteiger partial charge in [-0.15, -0.1) is 0 Å². The summed E-state index contributed by atoms with van der Waals surface area (Å²) in [4.78, 5) is 16.7. The maximum atomic E-state index is 17.0. The molecule has 3 saturated heterocycles. The second-order valence-corrected chi connectivity index (χ2v) is 12.5. The first-order valence-electron chi connectivity index (χ1n) is 17.7. The number of nitrogen functional groups attached to an aromatic ring is 1. The highest BCUT2D eigenvalue weighted by molar-refractivity contribution is 6.04. The zero-order valence-corrected chi connectivity index (χ0v) is 24.2. The van der Waals surface area contributed by atoms with Gasteiger partial charge in [-0.05, 0) is 55.8 Å². The van der Waals surface area contributed by atoms with Crippen LogP contribution in [0, 0.1) is 17.6 Å². The quantitative estimate of drug-likeness (QED) is 0.206. The van der Waals surface area contributed by atoms with Gasteiger partial charge in [0, 0.05) is 48.3 Å². The van der Waals surface area contributed by atoms with Gasteiger partial charge in [-0.3, -0.25) is 9.88 Å². The molecule has 1 aliphatic carbocycles. The Morgan fingerprint density at radius 3 is 2.91 bits per heavy atom. The van der Waals surface area contributed by atoms with Gasteiger partial charge in [0.25, 0.3) is 0 Å². The number of fused-ring (bicyclic) bond motifs is 4. The van der Waals surface area contributed by atoms with E-state index in [1.54, 1.807) is 9.80 Å². The van der Waals surface area contributed by atoms with Crippen LogP contribution < -0.4 is 20.1 Å². The van der Waals surface area contributed by atoms with Gasteiger partial charge in [0.15, 0.2) is 17.4 Å². The van der Waals surface area contributed by atoms with Crippen molar-refractivity contribution in [1.29, 1.82) is 0 Å². The Balaban J connectivity index is 1.32. The molecule has 8 rings (SSSR count). The molecule has 0 spiro atoms. The van der Waals surface area contributed by atoms with Gasteiger partial charge in [0.2, 0.25) is 0 Å². The highest BCUT2D eigenvalue weighted by Gasteiger charge is 2.56. The number of nitrogens with zero attached hydrogens (tertiary/aromatic N) is 5. The average molecular weight is 628 g/mol. The molecule has 236 valence electrons. The lowest BCUT2D eigenvalue weighted by molar-refractivity contribution is 0.107. The molecule has 0 bridgehead atoms. The minimum absolute atomic E-state index is 0.0628. The number of hydrogen-bond donors (Lipinski definition) is 1. The van der Waals surface area contributed by atoms with Gasteiger partial charge in [0.05, 0.1) is 30.9 Å². The largest absolute Gasteiger partial charge is 0.493 e. The van der Waals surface area contributed by atoms with Gasteiger partial charge in [-0.2, -0.15) is 9.97 Å². The number of rotatable bonds is 6. The molecule has 4 aromatic rings. The second kappa shape index (κ2) is 10.6. The van der Waals surface area contributed by atoms with E-state index < -0.39 is 60.9 Å². The van der Waals surface area contributed by atoms with Crippen molar-refractivity contribution in [2.75, 3.05) is 43.9 Å². The van der Waals surface area contributed by atoms with Crippen molar-refractivity contribution in [2.24, 2.45) is 5.92 Å². The van der Waals surface area contributed by atoms with E-state index in [9.17, 15) is 4.39 Å². The predicted molar refractivity (Wildman–Crippen MR) is 163 cm³/mol. The molecule has 2 aromatic heterocycles. The Labute approximate surface area is 264 Å². The van der Waals surface area contributed by atoms with E-state index >= 15 is 13.2 Å². The van der Waals surface area contributed by atoms with E-state index in [2.05, 4.69) is 15.0 Å². The molecule has 4 fully saturated rings. The van der Waals surface area contributed by atoms with Crippen molar-refractivity contribution >= 4 is 33.2 Å². The molecule has 0 radical (unpaired) electrons. The standard InChI is InChI=1S/C33H34F4N6O2/c1-44-30-23(35)7-6-17-11-19(38)12-21(24(17)30)27-26(37)28-22(14-39-27)31(43-10-3-2-5-20-25(36)29(20)43)41-32(40-28)45-16-33-8-4-9-42(33)15-18(34)13-33/h6-7,11-12,14,18,20,25,29H,2-5,8-10,13,15-16,38H2,1H3/t18-,20+,25+,29+,33+/m1/s1/i1D3,16D2. The minimum Gasteiger partial charge on any atom is -0.493 e. The summed E-state index contributed by atoms with van der Waals surface area (Å²) in [5, 5.41) is 0.255. The van der Waals surface area contributed by atoms with E-state index in [1.807, 2.05) is 0 Å². The van der Waals surface area contributed by atoms with Gasteiger partial charge < -0.3 is 20.1 Å². The molecule has 1 saturated carbocycles. The lowest BCUT2D eigenvalue weighted by Crippen LogP contribution is -2.43. The summed E-state index contributed by atoms with van der Waals surface area (Å²) in [6.07, 6.45) is 1.95. The Morgan fingerprint density at radius 2 is 2.04 bits per heavy atom. The summed E-state index contributed by atoms with van der Waals surface area (Å²) in [7, 11) is -3.05. The molecule has 5 atom stereocenters. The fraction of sp³-hybridized carbons (Fsp3) is 0.485. The van der Waals surface area contributed by atoms with Crippen LogP contribution in [0.25, 0.3) is 32.9 Å². The Morgan fingerprint density at radius 1 is 1.16 bits per heavy atom. The molecule has 2 N–H and O–H groups in total. The third-order valence-electron chi connectivity index (χ3n) is 9.83. The molecule has 12 heteroatoms. The molecule has 5 heterocycles. The van der Waals surface area contributed by atoms with Crippen LogP contribution in [0.2, 0.25) is 0 Å². The third kappa shape index (κ3) is 4.54. The first-order chi connectivity index (χ1) is 23.7. The summed E-state index contributed by atoms with van der Waals surface area (Å²) < 4.78 is 114. The van der Waals surface area contributed by atoms with E-state index in [1.165, 1.54) is 24.4 Å². The van der Waals surface area contributed by atoms with Crippen LogP contribution >= 0.6 is 0 Å². The smallest absolute Gasteiger partial charge is 0.319 e. The maximum absolute atomic E-state index is 17.0. The van der Waals surface area contributed by atoms with Crippen molar-refractivity contribution in [3.8, 4) is 23.0 Å². The van der Waals surface area contributed by atoms with Crippen LogP contribution in [0.1, 0.15) is 45.4 Å². The first kappa shape index (κ1) is 23.4. The summed E-state index contributed by atoms with van der Waals surface area (Å²) in [5.74, 6) is -2.84. The van der Waals surface area contributed by atoms with Crippen molar-refractivity contribution in [3.05, 3.63) is 42.1 Å². The molecule has 4 aliphatic rings. The second-order valence-electron chi connectivity index (χ2n) is 12.5. The van der Waals surface area contributed by atoms with E-state index in [0.29, 0.717) is 38.8 Å². The fourth-order valence-electron chi connectivity index (χ4n) is 7.70. The van der Waals surface area contributed by atoms with Gasteiger partial charge in [-0.1, -0.05) is 12.5 Å². The predicted octanol–water partition coefficient (Wildman–Crippen LogP) is 6.00. The number of anilines is 2. The van der Waals surface area contributed by atoms with Crippen LogP contribution in [0.5, 0.6) is 11.8 Å². The zero-order valence-electron chi connectivity index (χ0n) is 29.2. The van der Waals surface area contributed by atoms with Gasteiger partial charge >= 0.3 is 6.01 Å². The van der Waals surface area contributed by atoms with Crippen molar-refractivity contribution in [2.45, 2.75) is 62.4 Å². The number of hydrogen-bond acceptors (Lipinski definition) is 8. The number of alkyl halides is 2. The third-order valence-corrected chi connectivity index (χ3v) is 9.83. The van der Waals surface area contributed by atoms with E-state index in [4.69, 9.17) is 22.1 Å². The van der Waals surface area contributed by atoms with Crippen molar-refractivity contribution in [1.82, 2.24) is 19.9 Å². The lowest BCUT2D eigenvalue weighted by Gasteiger charge is -2.31. The van der Waals surface area contributed by atoms with E-state index in [-0.39, 0.29) is 63.3 Å². The molecule has 8 nitrogen and oxygen atoms in total. The van der Waals surface area contributed by atoms with Crippen molar-refractivity contribution < 1.29 is 33.9 Å². The Bertz CT molecular complexity index is 2020. The fourth-order valence-corrected chi connectivity index (χ4v) is 7.70. The molecule has 0 unspecified atom stereocenters.